The van der Waals surface area contributed by atoms with Crippen molar-refractivity contribution < 1.29 is 40.6 Å². The van der Waals surface area contributed by atoms with Crippen molar-refractivity contribution >= 4 is 12.0 Å². The lowest BCUT2D eigenvalue weighted by Crippen LogP contribution is -2.45. The van der Waals surface area contributed by atoms with Crippen LogP contribution in [0.4, 0.5) is 37.1 Å². The number of rotatable bonds is 9. The van der Waals surface area contributed by atoms with Crippen LogP contribution in [0.25, 0.3) is 11.1 Å². The zero-order chi connectivity index (χ0) is 31.7. The molecular formula is C29H32F6N6O3. The first-order valence-electron chi connectivity index (χ1n) is 14.0. The standard InChI is InChI=1S/C29H32F6N6O3/c1-27(16-43-17-27)18-44-26(42)41-6-4-19(13-41)3-5-40(25-36-10-21(11-37-25)22-12-38-39(2)15-22)14-20-7-23(28(30,31)32)9-24(8-20)29(33,34)35/h7-12,15,19H,3-6,13-14,16-18H2,1-2H3/t19-/m0/s1. The molecule has 1 atom stereocenters. The number of ether oxygens (including phenoxy) is 2. The van der Waals surface area contributed by atoms with Gasteiger partial charge in [0.05, 0.1) is 30.5 Å². The summed E-state index contributed by atoms with van der Waals surface area (Å²) in [6, 6.07) is 1.54. The summed E-state index contributed by atoms with van der Waals surface area (Å²) in [6.45, 7) is 4.12. The van der Waals surface area contributed by atoms with Crippen LogP contribution in [0.3, 0.4) is 0 Å². The second-order valence-electron chi connectivity index (χ2n) is 11.8. The topological polar surface area (TPSA) is 85.6 Å². The number of benzene rings is 1. The number of alkyl halides is 6. The Morgan fingerprint density at radius 1 is 1.05 bits per heavy atom. The number of aromatic nitrogens is 4. The second kappa shape index (κ2) is 12.3. The van der Waals surface area contributed by atoms with E-state index in [4.69, 9.17) is 9.47 Å². The molecule has 2 fully saturated rings. The molecule has 3 aromatic rings. The Hall–Kier alpha value is -3.88. The summed E-state index contributed by atoms with van der Waals surface area (Å²) in [6.07, 6.45) is -2.75. The van der Waals surface area contributed by atoms with Gasteiger partial charge in [-0.15, -0.1) is 0 Å². The van der Waals surface area contributed by atoms with Crippen molar-refractivity contribution in [3.05, 3.63) is 59.7 Å². The number of carbonyl (C=O) groups excluding carboxylic acids is 1. The average molecular weight is 627 g/mol. The molecule has 9 nitrogen and oxygen atoms in total. The van der Waals surface area contributed by atoms with Crippen molar-refractivity contribution in [3.63, 3.8) is 0 Å². The van der Waals surface area contributed by atoms with Crippen molar-refractivity contribution in [2.75, 3.05) is 44.4 Å². The minimum absolute atomic E-state index is 0.0367. The fourth-order valence-electron chi connectivity index (χ4n) is 5.22. The summed E-state index contributed by atoms with van der Waals surface area (Å²) in [4.78, 5) is 24.5. The third-order valence-corrected chi connectivity index (χ3v) is 7.78. The van der Waals surface area contributed by atoms with Gasteiger partial charge >= 0.3 is 18.4 Å². The summed E-state index contributed by atoms with van der Waals surface area (Å²) in [5.41, 5.74) is -1.75. The van der Waals surface area contributed by atoms with Crippen molar-refractivity contribution in [1.29, 1.82) is 0 Å². The molecule has 238 valence electrons. The smallest absolute Gasteiger partial charge is 0.416 e. The van der Waals surface area contributed by atoms with Gasteiger partial charge in [-0.25, -0.2) is 14.8 Å². The maximum atomic E-state index is 13.5. The Morgan fingerprint density at radius 2 is 1.70 bits per heavy atom. The van der Waals surface area contributed by atoms with Gasteiger partial charge in [0.15, 0.2) is 0 Å². The molecule has 2 aromatic heterocycles. The van der Waals surface area contributed by atoms with Crippen molar-refractivity contribution in [2.24, 2.45) is 18.4 Å². The van der Waals surface area contributed by atoms with E-state index in [0.29, 0.717) is 56.8 Å². The van der Waals surface area contributed by atoms with Crippen LogP contribution in [0, 0.1) is 11.3 Å². The Morgan fingerprint density at radius 3 is 2.25 bits per heavy atom. The number of amides is 1. The van der Waals surface area contributed by atoms with E-state index in [2.05, 4.69) is 15.1 Å². The number of likely N-dealkylation sites (tertiary alicyclic amines) is 1. The lowest BCUT2D eigenvalue weighted by atomic mass is 9.90. The molecule has 0 radical (unpaired) electrons. The van der Waals surface area contributed by atoms with E-state index in [-0.39, 0.29) is 48.6 Å². The number of aryl methyl sites for hydroxylation is 1. The first-order valence-corrected chi connectivity index (χ1v) is 14.0. The van der Waals surface area contributed by atoms with E-state index in [0.717, 1.165) is 5.56 Å². The van der Waals surface area contributed by atoms with Gasteiger partial charge in [-0.05, 0) is 42.5 Å². The number of halogens is 6. The van der Waals surface area contributed by atoms with Crippen LogP contribution in [0.5, 0.6) is 0 Å². The molecule has 15 heteroatoms. The molecule has 5 rings (SSSR count). The predicted octanol–water partition coefficient (Wildman–Crippen LogP) is 5.81. The van der Waals surface area contributed by atoms with E-state index >= 15 is 0 Å². The molecular weight excluding hydrogens is 594 g/mol. The molecule has 2 saturated heterocycles. The fraction of sp³-hybridized carbons (Fsp3) is 0.517. The number of anilines is 1. The van der Waals surface area contributed by atoms with Crippen LogP contribution in [0.1, 0.15) is 36.5 Å². The molecule has 4 heterocycles. The first-order chi connectivity index (χ1) is 20.7. The van der Waals surface area contributed by atoms with Crippen LogP contribution in [0.2, 0.25) is 0 Å². The molecule has 0 spiro atoms. The SMILES string of the molecule is Cn1cc(-c2cnc(N(CC[C@H]3CCN(C(=O)OCC4(C)COC4)C3)Cc3cc(C(F)(F)F)cc(C(F)(F)F)c3)nc2)cn1. The van der Waals surface area contributed by atoms with Crippen molar-refractivity contribution in [1.82, 2.24) is 24.6 Å². The molecule has 1 aromatic carbocycles. The normalized spacial score (nSPS) is 18.3. The van der Waals surface area contributed by atoms with Crippen molar-refractivity contribution in [3.8, 4) is 11.1 Å². The number of carbonyl (C=O) groups is 1. The van der Waals surface area contributed by atoms with E-state index in [1.165, 1.54) is 12.4 Å². The molecule has 0 saturated carbocycles. The molecule has 2 aliphatic rings. The molecule has 1 amide bonds. The summed E-state index contributed by atoms with van der Waals surface area (Å²) in [7, 11) is 1.75. The van der Waals surface area contributed by atoms with Gasteiger partial charge in [-0.2, -0.15) is 31.4 Å². The zero-order valence-corrected chi connectivity index (χ0v) is 24.2. The highest BCUT2D eigenvalue weighted by molar-refractivity contribution is 5.68. The summed E-state index contributed by atoms with van der Waals surface area (Å²) < 4.78 is 93.5. The van der Waals surface area contributed by atoms with Crippen LogP contribution < -0.4 is 4.90 Å². The fourth-order valence-corrected chi connectivity index (χ4v) is 5.22. The van der Waals surface area contributed by atoms with Crippen LogP contribution in [0.15, 0.2) is 43.0 Å². The second-order valence-corrected chi connectivity index (χ2v) is 11.8. The van der Waals surface area contributed by atoms with Gasteiger partial charge in [-0.3, -0.25) is 4.68 Å². The van der Waals surface area contributed by atoms with Gasteiger partial charge in [-0.1, -0.05) is 6.92 Å². The van der Waals surface area contributed by atoms with Crippen LogP contribution in [-0.2, 0) is 35.4 Å². The summed E-state index contributed by atoms with van der Waals surface area (Å²) in [5, 5.41) is 4.11. The van der Waals surface area contributed by atoms with Gasteiger partial charge < -0.3 is 19.3 Å². The Bertz CT molecular complexity index is 1420. The highest BCUT2D eigenvalue weighted by atomic mass is 19.4. The first kappa shape index (κ1) is 31.5. The Balaban J connectivity index is 1.32. The van der Waals surface area contributed by atoms with E-state index in [1.54, 1.807) is 33.9 Å². The number of hydrogen-bond donors (Lipinski definition) is 0. The maximum Gasteiger partial charge on any atom is 0.416 e. The lowest BCUT2D eigenvalue weighted by Gasteiger charge is -2.37. The largest absolute Gasteiger partial charge is 0.449 e. The summed E-state index contributed by atoms with van der Waals surface area (Å²) >= 11 is 0. The maximum absolute atomic E-state index is 13.5. The van der Waals surface area contributed by atoms with Gasteiger partial charge in [0.2, 0.25) is 5.95 Å². The highest BCUT2D eigenvalue weighted by Gasteiger charge is 2.38. The molecule has 0 bridgehead atoms. The zero-order valence-electron chi connectivity index (χ0n) is 24.2. The van der Waals surface area contributed by atoms with Gasteiger partial charge in [0, 0.05) is 68.4 Å². The quantitative estimate of drug-likeness (QED) is 0.278. The van der Waals surface area contributed by atoms with Crippen LogP contribution in [-0.4, -0.2) is 70.2 Å². The minimum atomic E-state index is -4.96. The van der Waals surface area contributed by atoms with E-state index < -0.39 is 29.6 Å². The predicted molar refractivity (Wildman–Crippen MR) is 146 cm³/mol. The Kier molecular flexibility index (Phi) is 8.78. The van der Waals surface area contributed by atoms with E-state index in [1.807, 2.05) is 6.92 Å². The Labute approximate surface area is 249 Å². The third-order valence-electron chi connectivity index (χ3n) is 7.78. The molecule has 44 heavy (non-hydrogen) atoms. The van der Waals surface area contributed by atoms with Crippen molar-refractivity contribution in [2.45, 2.75) is 38.7 Å². The monoisotopic (exact) mass is 626 g/mol. The van der Waals surface area contributed by atoms with Crippen LogP contribution >= 0.6 is 0 Å². The average Bonchev–Trinajstić information content (AvgIpc) is 3.61. The number of hydrogen-bond acceptors (Lipinski definition) is 7. The third kappa shape index (κ3) is 7.60. The molecule has 0 aliphatic carbocycles. The molecule has 0 unspecified atom stereocenters. The summed E-state index contributed by atoms with van der Waals surface area (Å²) in [5.74, 6) is 0.184. The highest BCUT2D eigenvalue weighted by Crippen LogP contribution is 2.37. The number of nitrogens with zero attached hydrogens (tertiary/aromatic N) is 6. The van der Waals surface area contributed by atoms with Gasteiger partial charge in [0.1, 0.15) is 6.61 Å². The molecule has 0 N–H and O–H groups in total. The molecule has 2 aliphatic heterocycles. The van der Waals surface area contributed by atoms with E-state index in [9.17, 15) is 31.1 Å². The minimum Gasteiger partial charge on any atom is -0.449 e. The lowest BCUT2D eigenvalue weighted by molar-refractivity contribution is -0.143. The van der Waals surface area contributed by atoms with Gasteiger partial charge in [0.25, 0.3) is 0 Å².